The molecule has 1 atom stereocenters. The number of benzene rings is 1. The maximum absolute atomic E-state index is 13.9. The minimum absolute atomic E-state index is 0.177. The van der Waals surface area contributed by atoms with Gasteiger partial charge in [-0.05, 0) is 23.8 Å². The molecule has 1 fully saturated rings. The van der Waals surface area contributed by atoms with E-state index in [1.165, 1.54) is 24.7 Å². The fraction of sp³-hybridized carbons (Fsp3) is 0.238. The molecule has 1 aromatic carbocycles. The highest BCUT2D eigenvalue weighted by atomic mass is 19.1. The molecule has 0 bridgehead atoms. The first-order chi connectivity index (χ1) is 13.7. The number of morpholine rings is 1. The van der Waals surface area contributed by atoms with Crippen molar-refractivity contribution in [3.63, 3.8) is 0 Å². The molecule has 2 aromatic heterocycles. The molecule has 0 aliphatic carbocycles. The monoisotopic (exact) mass is 378 g/mol. The molecule has 0 radical (unpaired) electrons. The highest BCUT2D eigenvalue weighted by molar-refractivity contribution is 5.92. The largest absolute Gasteiger partial charge is 0.368 e. The fourth-order valence-corrected chi connectivity index (χ4v) is 3.20. The summed E-state index contributed by atoms with van der Waals surface area (Å²) in [5.41, 5.74) is 2.38. The van der Waals surface area contributed by atoms with Gasteiger partial charge in [-0.25, -0.2) is 9.37 Å². The topological polar surface area (TPSA) is 68.2 Å². The van der Waals surface area contributed by atoms with Crippen LogP contribution in [0, 0.1) is 5.82 Å². The summed E-state index contributed by atoms with van der Waals surface area (Å²) in [6.45, 7) is 1.28. The second kappa shape index (κ2) is 8.22. The molecule has 0 saturated carbocycles. The first-order valence-electron chi connectivity index (χ1n) is 9.07. The van der Waals surface area contributed by atoms with Crippen molar-refractivity contribution < 1.29 is 13.9 Å². The van der Waals surface area contributed by atoms with Crippen molar-refractivity contribution in [2.75, 3.05) is 19.7 Å². The first kappa shape index (κ1) is 18.2. The van der Waals surface area contributed by atoms with E-state index in [-0.39, 0.29) is 17.8 Å². The smallest absolute Gasteiger partial charge is 0.274 e. The number of carbonyl (C=O) groups excluding carboxylic acids is 1. The van der Waals surface area contributed by atoms with Crippen LogP contribution in [0.4, 0.5) is 4.39 Å². The van der Waals surface area contributed by atoms with Crippen LogP contribution in [0.5, 0.6) is 0 Å². The lowest BCUT2D eigenvalue weighted by molar-refractivity contribution is -0.0250. The Kier molecular flexibility index (Phi) is 5.34. The number of hydrogen-bond donors (Lipinski definition) is 0. The summed E-state index contributed by atoms with van der Waals surface area (Å²) in [5.74, 6) is -0.423. The molecule has 1 saturated heterocycles. The summed E-state index contributed by atoms with van der Waals surface area (Å²) < 4.78 is 19.8. The lowest BCUT2D eigenvalue weighted by Crippen LogP contribution is -2.42. The maximum Gasteiger partial charge on any atom is 0.274 e. The van der Waals surface area contributed by atoms with Gasteiger partial charge in [-0.2, -0.15) is 0 Å². The van der Waals surface area contributed by atoms with Crippen LogP contribution in [-0.2, 0) is 11.2 Å². The van der Waals surface area contributed by atoms with Crippen molar-refractivity contribution in [3.05, 3.63) is 89.5 Å². The van der Waals surface area contributed by atoms with E-state index in [9.17, 15) is 9.18 Å². The van der Waals surface area contributed by atoms with E-state index in [4.69, 9.17) is 4.74 Å². The molecule has 1 aliphatic rings. The van der Waals surface area contributed by atoms with Gasteiger partial charge >= 0.3 is 0 Å². The molecule has 7 heteroatoms. The summed E-state index contributed by atoms with van der Waals surface area (Å²) in [6.07, 6.45) is 4.55. The average molecular weight is 378 g/mol. The Bertz CT molecular complexity index is 967. The van der Waals surface area contributed by atoms with Crippen LogP contribution in [-0.4, -0.2) is 45.5 Å². The Labute approximate surface area is 162 Å². The van der Waals surface area contributed by atoms with Gasteiger partial charge in [0.15, 0.2) is 0 Å². The van der Waals surface area contributed by atoms with Crippen LogP contribution in [0.15, 0.2) is 61.1 Å². The number of halogens is 1. The number of amides is 1. The number of carbonyl (C=O) groups is 1. The first-order valence-corrected chi connectivity index (χ1v) is 9.07. The van der Waals surface area contributed by atoms with Gasteiger partial charge in [0.25, 0.3) is 5.91 Å². The SMILES string of the molecule is O=C(c1cnccn1)N1CCO[C@H](c2cccc(Cc3ccccc3F)n2)C1. The van der Waals surface area contributed by atoms with E-state index in [2.05, 4.69) is 15.0 Å². The average Bonchev–Trinajstić information content (AvgIpc) is 2.76. The number of nitrogens with zero attached hydrogens (tertiary/aromatic N) is 4. The number of rotatable bonds is 4. The van der Waals surface area contributed by atoms with Gasteiger partial charge < -0.3 is 9.64 Å². The Balaban J connectivity index is 1.49. The zero-order valence-corrected chi connectivity index (χ0v) is 15.2. The van der Waals surface area contributed by atoms with E-state index in [0.717, 1.165) is 11.4 Å². The summed E-state index contributed by atoms with van der Waals surface area (Å²) in [4.78, 5) is 27.0. The predicted molar refractivity (Wildman–Crippen MR) is 100 cm³/mol. The minimum atomic E-state index is -0.338. The Hall–Kier alpha value is -3.19. The summed E-state index contributed by atoms with van der Waals surface area (Å²) >= 11 is 0. The van der Waals surface area contributed by atoms with Gasteiger partial charge in [0.1, 0.15) is 17.6 Å². The number of ether oxygens (including phenoxy) is 1. The second-order valence-electron chi connectivity index (χ2n) is 6.52. The maximum atomic E-state index is 13.9. The third-order valence-electron chi connectivity index (χ3n) is 4.62. The second-order valence-corrected chi connectivity index (χ2v) is 6.52. The fourth-order valence-electron chi connectivity index (χ4n) is 3.20. The molecule has 1 aliphatic heterocycles. The van der Waals surface area contributed by atoms with Crippen molar-refractivity contribution in [3.8, 4) is 0 Å². The van der Waals surface area contributed by atoms with Gasteiger partial charge in [-0.1, -0.05) is 24.3 Å². The third kappa shape index (κ3) is 4.04. The van der Waals surface area contributed by atoms with Crippen LogP contribution < -0.4 is 0 Å². The van der Waals surface area contributed by atoms with Gasteiger partial charge in [0, 0.05) is 31.1 Å². The van der Waals surface area contributed by atoms with E-state index in [0.29, 0.717) is 37.4 Å². The van der Waals surface area contributed by atoms with E-state index in [1.807, 2.05) is 24.3 Å². The highest BCUT2D eigenvalue weighted by Crippen LogP contribution is 2.22. The Morgan fingerprint density at radius 1 is 1.18 bits per heavy atom. The van der Waals surface area contributed by atoms with E-state index in [1.54, 1.807) is 17.0 Å². The van der Waals surface area contributed by atoms with E-state index < -0.39 is 0 Å². The van der Waals surface area contributed by atoms with Crippen molar-refractivity contribution >= 4 is 5.91 Å². The molecular formula is C21H19FN4O2. The van der Waals surface area contributed by atoms with Crippen molar-refractivity contribution in [1.29, 1.82) is 0 Å². The molecule has 142 valence electrons. The summed E-state index contributed by atoms with van der Waals surface area (Å²) in [6, 6.07) is 12.3. The molecule has 0 unspecified atom stereocenters. The normalized spacial score (nSPS) is 16.8. The van der Waals surface area contributed by atoms with Gasteiger partial charge in [-0.15, -0.1) is 0 Å². The minimum Gasteiger partial charge on any atom is -0.368 e. The lowest BCUT2D eigenvalue weighted by Gasteiger charge is -2.32. The molecule has 3 aromatic rings. The molecule has 6 nitrogen and oxygen atoms in total. The molecule has 4 rings (SSSR count). The van der Waals surface area contributed by atoms with Crippen molar-refractivity contribution in [2.24, 2.45) is 0 Å². The van der Waals surface area contributed by atoms with Crippen molar-refractivity contribution in [2.45, 2.75) is 12.5 Å². The highest BCUT2D eigenvalue weighted by Gasteiger charge is 2.27. The van der Waals surface area contributed by atoms with Gasteiger partial charge in [0.2, 0.25) is 0 Å². The van der Waals surface area contributed by atoms with Gasteiger partial charge in [-0.3, -0.25) is 14.8 Å². The number of aromatic nitrogens is 3. The third-order valence-corrected chi connectivity index (χ3v) is 4.62. The van der Waals surface area contributed by atoms with Gasteiger partial charge in [0.05, 0.1) is 25.0 Å². The zero-order chi connectivity index (χ0) is 19.3. The molecule has 3 heterocycles. The van der Waals surface area contributed by atoms with Crippen molar-refractivity contribution in [1.82, 2.24) is 19.9 Å². The Morgan fingerprint density at radius 3 is 2.89 bits per heavy atom. The van der Waals surface area contributed by atoms with Crippen LogP contribution in [0.3, 0.4) is 0 Å². The summed E-state index contributed by atoms with van der Waals surface area (Å²) in [5, 5.41) is 0. The quantitative estimate of drug-likeness (QED) is 0.698. The molecule has 0 N–H and O–H groups in total. The van der Waals surface area contributed by atoms with Crippen LogP contribution in [0.1, 0.15) is 33.5 Å². The standard InChI is InChI=1S/C21H19FN4O2/c22-17-6-2-1-4-15(17)12-16-5-3-7-18(25-16)20-14-26(10-11-28-20)21(27)19-13-23-8-9-24-19/h1-9,13,20H,10-12,14H2/t20-/m0/s1. The van der Waals surface area contributed by atoms with Crippen LogP contribution in [0.2, 0.25) is 0 Å². The summed E-state index contributed by atoms with van der Waals surface area (Å²) in [7, 11) is 0. The van der Waals surface area contributed by atoms with E-state index >= 15 is 0 Å². The number of pyridine rings is 1. The van der Waals surface area contributed by atoms with Crippen LogP contribution in [0.25, 0.3) is 0 Å². The lowest BCUT2D eigenvalue weighted by atomic mass is 10.1. The van der Waals surface area contributed by atoms with Crippen LogP contribution >= 0.6 is 0 Å². The Morgan fingerprint density at radius 2 is 2.07 bits per heavy atom. The molecular weight excluding hydrogens is 359 g/mol. The zero-order valence-electron chi connectivity index (χ0n) is 15.2. The molecule has 1 amide bonds. The molecule has 28 heavy (non-hydrogen) atoms. The predicted octanol–water partition coefficient (Wildman–Crippen LogP) is 2.82. The number of hydrogen-bond acceptors (Lipinski definition) is 5. The molecule has 0 spiro atoms.